The molecule has 2 aromatic rings. The highest BCUT2D eigenvalue weighted by Crippen LogP contribution is 2.31. The number of benzene rings is 1. The van der Waals surface area contributed by atoms with E-state index in [1.165, 1.54) is 0 Å². The second-order valence-electron chi connectivity index (χ2n) is 3.77. The molecule has 18 heavy (non-hydrogen) atoms. The summed E-state index contributed by atoms with van der Waals surface area (Å²) in [4.78, 5) is 4.12. The van der Waals surface area contributed by atoms with Crippen LogP contribution in [0, 0.1) is 0 Å². The van der Waals surface area contributed by atoms with E-state index in [0.29, 0.717) is 17.2 Å². The van der Waals surface area contributed by atoms with E-state index in [-0.39, 0.29) is 0 Å². The van der Waals surface area contributed by atoms with Crippen molar-refractivity contribution in [2.24, 2.45) is 0 Å². The predicted molar refractivity (Wildman–Crippen MR) is 76.8 cm³/mol. The molecule has 2 rings (SSSR count). The van der Waals surface area contributed by atoms with Crippen LogP contribution in [0.2, 0.25) is 0 Å². The molecular weight excluding hydrogens is 362 g/mol. The van der Waals surface area contributed by atoms with E-state index >= 15 is 0 Å². The van der Waals surface area contributed by atoms with Crippen molar-refractivity contribution in [3.05, 3.63) is 51.2 Å². The van der Waals surface area contributed by atoms with Gasteiger partial charge in [0.1, 0.15) is 11.5 Å². The minimum atomic E-state index is -0.571. The zero-order valence-corrected chi connectivity index (χ0v) is 12.8. The normalized spacial score (nSPS) is 12.2. The lowest BCUT2D eigenvalue weighted by Gasteiger charge is -2.09. The van der Waals surface area contributed by atoms with Gasteiger partial charge in [-0.25, -0.2) is 0 Å². The highest BCUT2D eigenvalue weighted by Gasteiger charge is 2.05. The van der Waals surface area contributed by atoms with E-state index in [2.05, 4.69) is 36.8 Å². The maximum absolute atomic E-state index is 9.36. The van der Waals surface area contributed by atoms with Crippen LogP contribution in [0.4, 0.5) is 0 Å². The van der Waals surface area contributed by atoms with Gasteiger partial charge >= 0.3 is 0 Å². The first kappa shape index (κ1) is 13.5. The van der Waals surface area contributed by atoms with E-state index in [4.69, 9.17) is 4.74 Å². The zero-order valence-electron chi connectivity index (χ0n) is 9.60. The van der Waals surface area contributed by atoms with Crippen LogP contribution in [0.1, 0.15) is 18.7 Å². The number of aliphatic hydroxyl groups is 1. The van der Waals surface area contributed by atoms with Gasteiger partial charge in [0.25, 0.3) is 0 Å². The first-order valence-corrected chi connectivity index (χ1v) is 6.92. The molecule has 1 atom stereocenters. The predicted octanol–water partition coefficient (Wildman–Crippen LogP) is 4.45. The molecule has 5 heteroatoms. The van der Waals surface area contributed by atoms with E-state index < -0.39 is 6.10 Å². The molecule has 0 aliphatic rings. The second-order valence-corrected chi connectivity index (χ2v) is 5.54. The van der Waals surface area contributed by atoms with Gasteiger partial charge in [-0.2, -0.15) is 0 Å². The van der Waals surface area contributed by atoms with Crippen molar-refractivity contribution in [2.45, 2.75) is 13.0 Å². The largest absolute Gasteiger partial charge is 0.455 e. The molecular formula is C13H11Br2NO2. The Kier molecular flexibility index (Phi) is 4.37. The van der Waals surface area contributed by atoms with Gasteiger partial charge in [-0.05, 0) is 53.2 Å². The minimum Gasteiger partial charge on any atom is -0.455 e. The molecule has 1 aromatic heterocycles. The summed E-state index contributed by atoms with van der Waals surface area (Å²) in [5.74, 6) is 1.34. The van der Waals surface area contributed by atoms with Crippen molar-refractivity contribution in [1.82, 2.24) is 4.98 Å². The molecule has 1 heterocycles. The Balaban J connectivity index is 2.18. The summed E-state index contributed by atoms with van der Waals surface area (Å²) in [5.41, 5.74) is 0.622. The lowest BCUT2D eigenvalue weighted by Crippen LogP contribution is -1.95. The smallest absolute Gasteiger partial charge is 0.145 e. The lowest BCUT2D eigenvalue weighted by atomic mass is 10.2. The number of aromatic nitrogens is 1. The summed E-state index contributed by atoms with van der Waals surface area (Å²) < 4.78 is 7.52. The van der Waals surface area contributed by atoms with Crippen molar-refractivity contribution >= 4 is 31.9 Å². The molecule has 0 amide bonds. The van der Waals surface area contributed by atoms with Gasteiger partial charge in [0.05, 0.1) is 22.5 Å². The third-order valence-corrected chi connectivity index (χ3v) is 3.42. The van der Waals surface area contributed by atoms with E-state index in [1.54, 1.807) is 25.3 Å². The Bertz CT molecular complexity index is 541. The summed E-state index contributed by atoms with van der Waals surface area (Å²) in [7, 11) is 0. The third kappa shape index (κ3) is 3.31. The van der Waals surface area contributed by atoms with Gasteiger partial charge in [-0.15, -0.1) is 0 Å². The summed E-state index contributed by atoms with van der Waals surface area (Å²) in [6.45, 7) is 1.67. The minimum absolute atomic E-state index is 0.571. The van der Waals surface area contributed by atoms with Crippen molar-refractivity contribution in [3.63, 3.8) is 0 Å². The SMILES string of the molecule is CC(O)c1ccc(Oc2ccc(Br)cc2Br)cn1. The number of hydrogen-bond donors (Lipinski definition) is 1. The van der Waals surface area contributed by atoms with Crippen molar-refractivity contribution < 1.29 is 9.84 Å². The number of aliphatic hydroxyl groups excluding tert-OH is 1. The molecule has 1 aromatic carbocycles. The standard InChI is InChI=1S/C13H11Br2NO2/c1-8(17)12-4-3-10(7-16-12)18-13-5-2-9(14)6-11(13)15/h2-8,17H,1H3. The molecule has 0 bridgehead atoms. The Morgan fingerprint density at radius 3 is 2.56 bits per heavy atom. The number of pyridine rings is 1. The van der Waals surface area contributed by atoms with E-state index in [9.17, 15) is 5.11 Å². The number of rotatable bonds is 3. The number of nitrogens with zero attached hydrogens (tertiary/aromatic N) is 1. The maximum atomic E-state index is 9.36. The van der Waals surface area contributed by atoms with Gasteiger partial charge in [0, 0.05) is 4.47 Å². The molecule has 0 radical (unpaired) electrons. The first-order chi connectivity index (χ1) is 8.56. The van der Waals surface area contributed by atoms with Crippen molar-refractivity contribution in [1.29, 1.82) is 0 Å². The van der Waals surface area contributed by atoms with Crippen LogP contribution in [-0.2, 0) is 0 Å². The zero-order chi connectivity index (χ0) is 13.1. The maximum Gasteiger partial charge on any atom is 0.145 e. The molecule has 0 aliphatic heterocycles. The van der Waals surface area contributed by atoms with Gasteiger partial charge in [-0.1, -0.05) is 15.9 Å². The topological polar surface area (TPSA) is 42.4 Å². The van der Waals surface area contributed by atoms with Crippen LogP contribution in [0.3, 0.4) is 0 Å². The van der Waals surface area contributed by atoms with Crippen molar-refractivity contribution in [3.8, 4) is 11.5 Å². The van der Waals surface area contributed by atoms with Crippen LogP contribution in [0.25, 0.3) is 0 Å². The highest BCUT2D eigenvalue weighted by atomic mass is 79.9. The molecule has 0 spiro atoms. The fourth-order valence-electron chi connectivity index (χ4n) is 1.38. The van der Waals surface area contributed by atoms with E-state index in [1.807, 2.05) is 18.2 Å². The number of ether oxygens (including phenoxy) is 1. The molecule has 0 fully saturated rings. The van der Waals surface area contributed by atoms with Crippen molar-refractivity contribution in [2.75, 3.05) is 0 Å². The van der Waals surface area contributed by atoms with Crippen LogP contribution in [-0.4, -0.2) is 10.1 Å². The molecule has 3 nitrogen and oxygen atoms in total. The third-order valence-electron chi connectivity index (χ3n) is 2.31. The molecule has 0 saturated heterocycles. The van der Waals surface area contributed by atoms with Gasteiger partial charge < -0.3 is 9.84 Å². The summed E-state index contributed by atoms with van der Waals surface area (Å²) in [6, 6.07) is 9.19. The Hall–Kier alpha value is -0.910. The Morgan fingerprint density at radius 2 is 2.00 bits per heavy atom. The van der Waals surface area contributed by atoms with Gasteiger partial charge in [-0.3, -0.25) is 4.98 Å². The lowest BCUT2D eigenvalue weighted by molar-refractivity contribution is 0.194. The van der Waals surface area contributed by atoms with Crippen LogP contribution >= 0.6 is 31.9 Å². The molecule has 1 N–H and O–H groups in total. The number of hydrogen-bond acceptors (Lipinski definition) is 3. The van der Waals surface area contributed by atoms with Gasteiger partial charge in [0.15, 0.2) is 0 Å². The molecule has 0 aliphatic carbocycles. The monoisotopic (exact) mass is 371 g/mol. The summed E-state index contributed by atoms with van der Waals surface area (Å²) in [5, 5.41) is 9.36. The molecule has 94 valence electrons. The summed E-state index contributed by atoms with van der Waals surface area (Å²) in [6.07, 6.45) is 1.02. The fourth-order valence-corrected chi connectivity index (χ4v) is 2.51. The van der Waals surface area contributed by atoms with Crippen LogP contribution in [0.15, 0.2) is 45.5 Å². The second kappa shape index (κ2) is 5.82. The van der Waals surface area contributed by atoms with E-state index in [0.717, 1.165) is 8.95 Å². The Labute approximate surface area is 122 Å². The average Bonchev–Trinajstić information content (AvgIpc) is 2.33. The molecule has 0 saturated carbocycles. The van der Waals surface area contributed by atoms with Crippen LogP contribution in [0.5, 0.6) is 11.5 Å². The highest BCUT2D eigenvalue weighted by molar-refractivity contribution is 9.11. The first-order valence-electron chi connectivity index (χ1n) is 5.33. The Morgan fingerprint density at radius 1 is 1.22 bits per heavy atom. The fraction of sp³-hybridized carbons (Fsp3) is 0.154. The quantitative estimate of drug-likeness (QED) is 0.865. The van der Waals surface area contributed by atoms with Crippen LogP contribution < -0.4 is 4.74 Å². The van der Waals surface area contributed by atoms with Gasteiger partial charge in [0.2, 0.25) is 0 Å². The summed E-state index contributed by atoms with van der Waals surface area (Å²) >= 11 is 6.81. The average molecular weight is 373 g/mol. The number of halogens is 2. The molecule has 1 unspecified atom stereocenters.